The van der Waals surface area contributed by atoms with Crippen LogP contribution < -0.4 is 5.32 Å². The Labute approximate surface area is 132 Å². The van der Waals surface area contributed by atoms with Gasteiger partial charge in [-0.2, -0.15) is 0 Å². The predicted octanol–water partition coefficient (Wildman–Crippen LogP) is 3.36. The molecule has 0 unspecified atom stereocenters. The van der Waals surface area contributed by atoms with Gasteiger partial charge in [0.05, 0.1) is 6.61 Å². The van der Waals surface area contributed by atoms with Gasteiger partial charge in [0.1, 0.15) is 5.52 Å². The third kappa shape index (κ3) is 2.75. The fourth-order valence-corrected chi connectivity index (χ4v) is 2.33. The van der Waals surface area contributed by atoms with E-state index in [1.807, 2.05) is 36.4 Å². The molecule has 0 saturated heterocycles. The lowest BCUT2D eigenvalue weighted by Crippen LogP contribution is -2.15. The van der Waals surface area contributed by atoms with E-state index >= 15 is 0 Å². The number of nitrogens with zero attached hydrogens (tertiary/aromatic N) is 3. The molecule has 1 amide bonds. The molecule has 0 bridgehead atoms. The van der Waals surface area contributed by atoms with Gasteiger partial charge in [-0.1, -0.05) is 43.1 Å². The van der Waals surface area contributed by atoms with Gasteiger partial charge in [-0.3, -0.25) is 5.32 Å². The van der Waals surface area contributed by atoms with E-state index in [0.29, 0.717) is 11.2 Å². The fourth-order valence-electron chi connectivity index (χ4n) is 2.08. The van der Waals surface area contributed by atoms with Crippen LogP contribution in [0, 0.1) is 0 Å². The van der Waals surface area contributed by atoms with Crippen molar-refractivity contribution in [2.45, 2.75) is 6.92 Å². The minimum absolute atomic E-state index is 0.273. The molecule has 3 rings (SSSR count). The molecule has 3 aromatic rings. The number of nitrogens with one attached hydrogen (secondary N) is 1. The van der Waals surface area contributed by atoms with E-state index in [0.717, 1.165) is 11.1 Å². The highest BCUT2D eigenvalue weighted by atomic mass is 32.1. The number of anilines is 1. The van der Waals surface area contributed by atoms with Crippen molar-refractivity contribution in [2.24, 2.45) is 0 Å². The maximum atomic E-state index is 11.5. The smallest absolute Gasteiger partial charge is 0.413 e. The third-order valence-corrected chi connectivity index (χ3v) is 3.45. The van der Waals surface area contributed by atoms with Crippen LogP contribution in [0.3, 0.4) is 0 Å². The minimum Gasteiger partial charge on any atom is -0.450 e. The van der Waals surface area contributed by atoms with Crippen molar-refractivity contribution >= 4 is 36.0 Å². The molecular weight excluding hydrogens is 300 g/mol. The van der Waals surface area contributed by atoms with E-state index in [4.69, 9.17) is 4.74 Å². The number of hydrogen-bond acceptors (Lipinski definition) is 5. The molecule has 0 radical (unpaired) electrons. The summed E-state index contributed by atoms with van der Waals surface area (Å²) in [7, 11) is 0. The molecule has 7 heteroatoms. The number of fused-ring (bicyclic) bond motifs is 1. The van der Waals surface area contributed by atoms with Crippen molar-refractivity contribution in [3.63, 3.8) is 0 Å². The van der Waals surface area contributed by atoms with Crippen molar-refractivity contribution in [3.05, 3.63) is 42.6 Å². The molecule has 0 atom stereocenters. The number of pyridine rings is 1. The van der Waals surface area contributed by atoms with Gasteiger partial charge in [0.25, 0.3) is 0 Å². The summed E-state index contributed by atoms with van der Waals surface area (Å²) in [5, 5.41) is 2.53. The summed E-state index contributed by atoms with van der Waals surface area (Å²) in [6, 6.07) is 11.8. The molecule has 2 aromatic heterocycles. The van der Waals surface area contributed by atoms with Crippen LogP contribution >= 0.6 is 12.8 Å². The molecule has 0 fully saturated rings. The number of benzene rings is 1. The summed E-state index contributed by atoms with van der Waals surface area (Å²) in [4.78, 5) is 20.2. The van der Waals surface area contributed by atoms with Crippen LogP contribution in [0.1, 0.15) is 6.92 Å². The summed E-state index contributed by atoms with van der Waals surface area (Å²) in [5.41, 5.74) is 3.20. The summed E-state index contributed by atoms with van der Waals surface area (Å²) < 4.78 is 6.25. The van der Waals surface area contributed by atoms with E-state index in [9.17, 15) is 4.79 Å². The van der Waals surface area contributed by atoms with Crippen LogP contribution in [0.2, 0.25) is 0 Å². The van der Waals surface area contributed by atoms with Crippen LogP contribution in [0.5, 0.6) is 0 Å². The maximum absolute atomic E-state index is 11.5. The van der Waals surface area contributed by atoms with Crippen LogP contribution in [0.25, 0.3) is 22.3 Å². The number of thiol groups is 1. The second-order valence-corrected chi connectivity index (χ2v) is 4.93. The van der Waals surface area contributed by atoms with E-state index < -0.39 is 6.09 Å². The van der Waals surface area contributed by atoms with E-state index in [2.05, 4.69) is 28.1 Å². The summed E-state index contributed by atoms with van der Waals surface area (Å²) in [5.74, 6) is 0.273. The molecule has 0 aliphatic carbocycles. The normalized spacial score (nSPS) is 10.6. The monoisotopic (exact) mass is 314 g/mol. The molecule has 0 aliphatic heterocycles. The molecule has 0 saturated carbocycles. The molecule has 1 aromatic carbocycles. The first kappa shape index (κ1) is 14.4. The van der Waals surface area contributed by atoms with Gasteiger partial charge in [-0.15, -0.1) is 0 Å². The molecule has 0 aliphatic rings. The van der Waals surface area contributed by atoms with Crippen LogP contribution in [0.15, 0.2) is 42.6 Å². The predicted molar refractivity (Wildman–Crippen MR) is 88.0 cm³/mol. The van der Waals surface area contributed by atoms with Crippen molar-refractivity contribution in [2.75, 3.05) is 11.9 Å². The quantitative estimate of drug-likeness (QED) is 0.727. The Morgan fingerprint density at radius 2 is 2.09 bits per heavy atom. The van der Waals surface area contributed by atoms with Gasteiger partial charge in [0.2, 0.25) is 5.95 Å². The molecule has 1 N–H and O–H groups in total. The summed E-state index contributed by atoms with van der Waals surface area (Å²) >= 11 is 4.30. The fraction of sp³-hybridized carbons (Fsp3) is 0.133. The average molecular weight is 314 g/mol. The maximum Gasteiger partial charge on any atom is 0.413 e. The second kappa shape index (κ2) is 6.07. The number of hydrogen-bond donors (Lipinski definition) is 2. The Morgan fingerprint density at radius 1 is 1.32 bits per heavy atom. The van der Waals surface area contributed by atoms with Gasteiger partial charge in [0, 0.05) is 11.8 Å². The highest BCUT2D eigenvalue weighted by Gasteiger charge is 2.13. The number of imidazole rings is 1. The molecule has 6 nitrogen and oxygen atoms in total. The number of ether oxygens (including phenoxy) is 1. The highest BCUT2D eigenvalue weighted by molar-refractivity contribution is 7.78. The van der Waals surface area contributed by atoms with Gasteiger partial charge < -0.3 is 4.74 Å². The molecule has 0 spiro atoms. The zero-order chi connectivity index (χ0) is 15.5. The first-order chi connectivity index (χ1) is 10.7. The Morgan fingerprint density at radius 3 is 2.82 bits per heavy atom. The Hall–Kier alpha value is -2.54. The molecule has 2 heterocycles. The number of rotatable bonds is 3. The minimum atomic E-state index is -0.573. The van der Waals surface area contributed by atoms with Crippen LogP contribution in [0.4, 0.5) is 10.7 Å². The summed E-state index contributed by atoms with van der Waals surface area (Å²) in [6.45, 7) is 2.02. The molecular formula is C15H14N4O2S. The molecule has 112 valence electrons. The van der Waals surface area contributed by atoms with Crippen LogP contribution in [-0.2, 0) is 4.74 Å². The first-order valence-electron chi connectivity index (χ1n) is 6.76. The van der Waals surface area contributed by atoms with Crippen molar-refractivity contribution in [1.82, 2.24) is 13.9 Å². The number of carbonyl (C=O) groups excluding carboxylic acids is 1. The first-order valence-corrected chi connectivity index (χ1v) is 7.16. The summed E-state index contributed by atoms with van der Waals surface area (Å²) in [6.07, 6.45) is 1.18. The third-order valence-electron chi connectivity index (χ3n) is 3.07. The lowest BCUT2D eigenvalue weighted by molar-refractivity contribution is 0.167. The Balaban J connectivity index is 1.98. The van der Waals surface area contributed by atoms with Crippen molar-refractivity contribution in [1.29, 1.82) is 0 Å². The topological polar surface area (TPSA) is 69.0 Å². The van der Waals surface area contributed by atoms with Crippen molar-refractivity contribution < 1.29 is 9.53 Å². The average Bonchev–Trinajstić information content (AvgIpc) is 2.84. The highest BCUT2D eigenvalue weighted by Crippen LogP contribution is 2.25. The SMILES string of the molecule is CCOC(=O)Nc1nc2cc(-c3ccccc3)cnc2n1S. The number of carbonyl (C=O) groups is 1. The number of amides is 1. The standard InChI is InChI=1S/C15H14N4O2S/c1-2-21-15(20)18-14-17-12-8-11(9-16-13(12)19(14)22)10-6-4-3-5-7-10/h3-9,22H,2H2,1H3,(H,17,18,20). The lowest BCUT2D eigenvalue weighted by atomic mass is 10.1. The molecule has 22 heavy (non-hydrogen) atoms. The zero-order valence-corrected chi connectivity index (χ0v) is 12.7. The Bertz CT molecular complexity index is 817. The van der Waals surface area contributed by atoms with Gasteiger partial charge in [-0.05, 0) is 18.6 Å². The van der Waals surface area contributed by atoms with Crippen molar-refractivity contribution in [3.8, 4) is 11.1 Å². The van der Waals surface area contributed by atoms with Gasteiger partial charge >= 0.3 is 6.09 Å². The largest absolute Gasteiger partial charge is 0.450 e. The van der Waals surface area contributed by atoms with E-state index in [1.54, 1.807) is 13.1 Å². The zero-order valence-electron chi connectivity index (χ0n) is 11.9. The lowest BCUT2D eigenvalue weighted by Gasteiger charge is -2.03. The van der Waals surface area contributed by atoms with E-state index in [1.165, 1.54) is 3.97 Å². The van der Waals surface area contributed by atoms with Gasteiger partial charge in [-0.25, -0.2) is 18.7 Å². The Kier molecular flexibility index (Phi) is 3.97. The van der Waals surface area contributed by atoms with Gasteiger partial charge in [0.15, 0.2) is 5.65 Å². The van der Waals surface area contributed by atoms with E-state index in [-0.39, 0.29) is 12.6 Å². The second-order valence-electron chi connectivity index (χ2n) is 4.53. The number of aromatic nitrogens is 3. The van der Waals surface area contributed by atoms with Crippen LogP contribution in [-0.4, -0.2) is 26.6 Å².